The van der Waals surface area contributed by atoms with Crippen molar-refractivity contribution in [2.24, 2.45) is 0 Å². The zero-order valence-electron chi connectivity index (χ0n) is 14.5. The lowest BCUT2D eigenvalue weighted by Gasteiger charge is -2.21. The minimum absolute atomic E-state index is 0.0726. The summed E-state index contributed by atoms with van der Waals surface area (Å²) in [6.07, 6.45) is 3.65. The summed E-state index contributed by atoms with van der Waals surface area (Å²) in [5.74, 6) is -0.562. The highest BCUT2D eigenvalue weighted by Gasteiger charge is 2.23. The molecule has 1 amide bonds. The van der Waals surface area contributed by atoms with Crippen LogP contribution in [0.2, 0.25) is 0 Å². The zero-order chi connectivity index (χ0) is 18.3. The van der Waals surface area contributed by atoms with Crippen LogP contribution in [0.25, 0.3) is 5.65 Å². The summed E-state index contributed by atoms with van der Waals surface area (Å²) in [4.78, 5) is 22.1. The van der Waals surface area contributed by atoms with E-state index in [9.17, 15) is 9.18 Å². The number of nitrogens with one attached hydrogen (secondary N) is 2. The van der Waals surface area contributed by atoms with Crippen LogP contribution in [0.5, 0.6) is 0 Å². The van der Waals surface area contributed by atoms with Crippen molar-refractivity contribution in [1.29, 1.82) is 0 Å². The van der Waals surface area contributed by atoms with Gasteiger partial charge in [-0.15, -0.1) is 16.4 Å². The summed E-state index contributed by atoms with van der Waals surface area (Å²) in [7, 11) is 0. The van der Waals surface area contributed by atoms with Gasteiger partial charge in [-0.3, -0.25) is 15.1 Å². The van der Waals surface area contributed by atoms with Gasteiger partial charge < -0.3 is 5.32 Å². The number of halogens is 1. The second-order valence-electron chi connectivity index (χ2n) is 6.48. The van der Waals surface area contributed by atoms with E-state index in [0.717, 1.165) is 36.5 Å². The average Bonchev–Trinajstić information content (AvgIpc) is 3.19. The number of aromatic nitrogens is 4. The van der Waals surface area contributed by atoms with Gasteiger partial charge >= 0.3 is 0 Å². The number of aryl methyl sites for hydroxylation is 2. The lowest BCUT2D eigenvalue weighted by molar-refractivity contribution is 0.102. The number of fused-ring (bicyclic) bond motifs is 1. The van der Waals surface area contributed by atoms with Gasteiger partial charge in [0.15, 0.2) is 5.65 Å². The molecule has 1 saturated heterocycles. The molecule has 0 bridgehead atoms. The Labute approximate surface area is 153 Å². The van der Waals surface area contributed by atoms with E-state index >= 15 is 0 Å². The maximum absolute atomic E-state index is 14.3. The van der Waals surface area contributed by atoms with Crippen molar-refractivity contribution >= 4 is 28.8 Å². The number of nitrogens with zero attached hydrogens (tertiary/aromatic N) is 4. The first kappa shape index (κ1) is 17.0. The summed E-state index contributed by atoms with van der Waals surface area (Å²) in [6.45, 7) is 5.52. The number of carbonyl (C=O) groups is 1. The van der Waals surface area contributed by atoms with E-state index in [2.05, 4.69) is 25.7 Å². The molecule has 0 atom stereocenters. The third-order valence-corrected chi connectivity index (χ3v) is 5.76. The number of hydrogen-bond donors (Lipinski definition) is 2. The minimum atomic E-state index is -0.522. The highest BCUT2D eigenvalue weighted by Crippen LogP contribution is 2.33. The maximum Gasteiger partial charge on any atom is 0.271 e. The van der Waals surface area contributed by atoms with Gasteiger partial charge in [-0.05, 0) is 51.8 Å². The Hall–Kier alpha value is -2.39. The number of rotatable bonds is 3. The Morgan fingerprint density at radius 2 is 2.12 bits per heavy atom. The van der Waals surface area contributed by atoms with Gasteiger partial charge in [0.2, 0.25) is 5.95 Å². The van der Waals surface area contributed by atoms with Crippen LogP contribution in [0.3, 0.4) is 0 Å². The third kappa shape index (κ3) is 3.19. The van der Waals surface area contributed by atoms with E-state index in [0.29, 0.717) is 17.3 Å². The first-order valence-corrected chi connectivity index (χ1v) is 9.35. The Kier molecular flexibility index (Phi) is 4.41. The lowest BCUT2D eigenvalue weighted by Crippen LogP contribution is -2.26. The average molecular weight is 374 g/mol. The summed E-state index contributed by atoms with van der Waals surface area (Å²) in [5.41, 5.74) is 2.08. The molecule has 3 aromatic heterocycles. The molecule has 7 nitrogen and oxygen atoms in total. The fourth-order valence-electron chi connectivity index (χ4n) is 3.24. The molecule has 0 aromatic carbocycles. The van der Waals surface area contributed by atoms with Gasteiger partial charge in [-0.2, -0.15) is 4.98 Å². The molecule has 1 fully saturated rings. The molecule has 3 aromatic rings. The van der Waals surface area contributed by atoms with Crippen LogP contribution < -0.4 is 10.6 Å². The molecule has 0 aliphatic carbocycles. The summed E-state index contributed by atoms with van der Waals surface area (Å²) < 4.78 is 15.9. The van der Waals surface area contributed by atoms with Crippen molar-refractivity contribution in [2.45, 2.75) is 32.6 Å². The van der Waals surface area contributed by atoms with E-state index < -0.39 is 11.7 Å². The van der Waals surface area contributed by atoms with Crippen LogP contribution in [0.1, 0.15) is 44.7 Å². The van der Waals surface area contributed by atoms with Gasteiger partial charge in [-0.1, -0.05) is 0 Å². The van der Waals surface area contributed by atoms with Crippen molar-refractivity contribution in [3.63, 3.8) is 0 Å². The SMILES string of the molecule is Cc1cn2nc(NC(=O)c3sc(C4CCNCC4)cc3F)nc2c(C)n1. The Morgan fingerprint density at radius 1 is 1.35 bits per heavy atom. The summed E-state index contributed by atoms with van der Waals surface area (Å²) in [6, 6.07) is 1.49. The van der Waals surface area contributed by atoms with Crippen LogP contribution in [-0.2, 0) is 0 Å². The number of thiophene rings is 1. The van der Waals surface area contributed by atoms with Crippen LogP contribution in [-0.4, -0.2) is 38.6 Å². The molecular formula is C17H19FN6OS. The quantitative estimate of drug-likeness (QED) is 0.736. The van der Waals surface area contributed by atoms with Crippen molar-refractivity contribution in [3.8, 4) is 0 Å². The molecule has 1 aliphatic rings. The van der Waals surface area contributed by atoms with E-state index in [1.807, 2.05) is 13.8 Å². The predicted molar refractivity (Wildman–Crippen MR) is 97.3 cm³/mol. The van der Waals surface area contributed by atoms with E-state index in [4.69, 9.17) is 0 Å². The number of anilines is 1. The molecule has 0 spiro atoms. The zero-order valence-corrected chi connectivity index (χ0v) is 15.4. The number of piperidine rings is 1. The molecule has 0 unspecified atom stereocenters. The van der Waals surface area contributed by atoms with Crippen molar-refractivity contribution in [2.75, 3.05) is 18.4 Å². The Bertz CT molecular complexity index is 975. The second kappa shape index (κ2) is 6.73. The van der Waals surface area contributed by atoms with E-state index in [-0.39, 0.29) is 10.8 Å². The number of amides is 1. The van der Waals surface area contributed by atoms with Crippen molar-refractivity contribution in [1.82, 2.24) is 24.9 Å². The topological polar surface area (TPSA) is 84.2 Å². The normalized spacial score (nSPS) is 15.5. The van der Waals surface area contributed by atoms with Gasteiger partial charge in [0, 0.05) is 4.88 Å². The summed E-state index contributed by atoms with van der Waals surface area (Å²) in [5, 5.41) is 10.1. The van der Waals surface area contributed by atoms with Gasteiger partial charge in [0.05, 0.1) is 17.6 Å². The third-order valence-electron chi connectivity index (χ3n) is 4.49. The van der Waals surface area contributed by atoms with Crippen molar-refractivity contribution in [3.05, 3.63) is 39.2 Å². The molecule has 1 aliphatic heterocycles. The number of carbonyl (C=O) groups excluding carboxylic acids is 1. The smallest absolute Gasteiger partial charge is 0.271 e. The predicted octanol–water partition coefficient (Wildman–Crippen LogP) is 2.66. The Morgan fingerprint density at radius 3 is 2.88 bits per heavy atom. The van der Waals surface area contributed by atoms with Crippen LogP contribution in [0, 0.1) is 19.7 Å². The standard InChI is InChI=1S/C17H19FN6OS/c1-9-8-24-15(10(2)20-9)21-17(23-24)22-16(25)14-12(18)7-13(26-14)11-3-5-19-6-4-11/h7-8,11,19H,3-6H2,1-2H3,(H,22,23,25). The fourth-order valence-corrected chi connectivity index (χ4v) is 4.34. The molecule has 26 heavy (non-hydrogen) atoms. The Balaban J connectivity index is 1.56. The molecule has 4 heterocycles. The maximum atomic E-state index is 14.3. The first-order chi connectivity index (χ1) is 12.5. The molecule has 136 valence electrons. The van der Waals surface area contributed by atoms with Crippen LogP contribution in [0.4, 0.5) is 10.3 Å². The van der Waals surface area contributed by atoms with Gasteiger partial charge in [0.25, 0.3) is 5.91 Å². The highest BCUT2D eigenvalue weighted by atomic mass is 32.1. The highest BCUT2D eigenvalue weighted by molar-refractivity contribution is 7.14. The van der Waals surface area contributed by atoms with Gasteiger partial charge in [0.1, 0.15) is 10.7 Å². The monoisotopic (exact) mass is 374 g/mol. The van der Waals surface area contributed by atoms with Crippen molar-refractivity contribution < 1.29 is 9.18 Å². The number of hydrogen-bond acceptors (Lipinski definition) is 6. The molecule has 9 heteroatoms. The first-order valence-electron chi connectivity index (χ1n) is 8.53. The molecule has 4 rings (SSSR count). The lowest BCUT2D eigenvalue weighted by atomic mass is 9.96. The fraction of sp³-hybridized carbons (Fsp3) is 0.412. The largest absolute Gasteiger partial charge is 0.317 e. The molecule has 2 N–H and O–H groups in total. The second-order valence-corrected chi connectivity index (χ2v) is 7.56. The van der Waals surface area contributed by atoms with Crippen LogP contribution in [0.15, 0.2) is 12.3 Å². The molecule has 0 radical (unpaired) electrons. The van der Waals surface area contributed by atoms with Gasteiger partial charge in [-0.25, -0.2) is 8.91 Å². The minimum Gasteiger partial charge on any atom is -0.317 e. The van der Waals surface area contributed by atoms with E-state index in [1.165, 1.54) is 17.4 Å². The molecule has 0 saturated carbocycles. The van der Waals surface area contributed by atoms with Crippen LogP contribution >= 0.6 is 11.3 Å². The molecular weight excluding hydrogens is 355 g/mol. The van der Waals surface area contributed by atoms with E-state index in [1.54, 1.807) is 10.7 Å². The summed E-state index contributed by atoms with van der Waals surface area (Å²) >= 11 is 1.22.